The molecule has 1 saturated heterocycles. The number of aliphatic hydroxyl groups excluding tert-OH is 2. The zero-order valence-electron chi connectivity index (χ0n) is 10.5. The van der Waals surface area contributed by atoms with Crippen LogP contribution in [0.4, 0.5) is 0 Å². The average molecular weight is 227 g/mol. The fraction of sp³-hybridized carbons (Fsp3) is 1.00. The molecule has 1 aliphatic heterocycles. The number of hydrogen-bond donors (Lipinski definition) is 2. The van der Waals surface area contributed by atoms with Gasteiger partial charge < -0.3 is 15.1 Å². The fourth-order valence-electron chi connectivity index (χ4n) is 3.72. The van der Waals surface area contributed by atoms with Crippen molar-refractivity contribution < 1.29 is 10.2 Å². The molecule has 94 valence electrons. The molecule has 0 aromatic heterocycles. The lowest BCUT2D eigenvalue weighted by atomic mass is 9.78. The van der Waals surface area contributed by atoms with Gasteiger partial charge in [0.15, 0.2) is 0 Å². The fourth-order valence-corrected chi connectivity index (χ4v) is 3.72. The standard InChI is InChI=1S/C13H25NO2/c1-3-4-14-6-10(8-15)11-5-13(16)9(2)12(11)7-14/h9-13,15-16H,3-8H2,1-2H3. The Balaban J connectivity index is 2.06. The molecule has 0 aromatic carbocycles. The first-order valence-corrected chi connectivity index (χ1v) is 6.68. The number of likely N-dealkylation sites (tertiary alicyclic amines) is 1. The van der Waals surface area contributed by atoms with Gasteiger partial charge in [0.2, 0.25) is 0 Å². The van der Waals surface area contributed by atoms with Gasteiger partial charge in [0.1, 0.15) is 0 Å². The van der Waals surface area contributed by atoms with Gasteiger partial charge in [0.05, 0.1) is 6.10 Å². The van der Waals surface area contributed by atoms with Crippen LogP contribution < -0.4 is 0 Å². The van der Waals surface area contributed by atoms with E-state index in [0.29, 0.717) is 23.7 Å². The van der Waals surface area contributed by atoms with E-state index >= 15 is 0 Å². The summed E-state index contributed by atoms with van der Waals surface area (Å²) in [5, 5.41) is 19.4. The number of fused-ring (bicyclic) bond motifs is 1. The lowest BCUT2D eigenvalue weighted by Gasteiger charge is -2.41. The topological polar surface area (TPSA) is 43.7 Å². The summed E-state index contributed by atoms with van der Waals surface area (Å²) in [4.78, 5) is 2.47. The molecule has 0 radical (unpaired) electrons. The highest BCUT2D eigenvalue weighted by Gasteiger charge is 2.46. The van der Waals surface area contributed by atoms with Crippen molar-refractivity contribution in [2.24, 2.45) is 23.7 Å². The molecule has 0 amide bonds. The monoisotopic (exact) mass is 227 g/mol. The summed E-state index contributed by atoms with van der Waals surface area (Å²) >= 11 is 0. The zero-order valence-corrected chi connectivity index (χ0v) is 10.5. The van der Waals surface area contributed by atoms with E-state index in [4.69, 9.17) is 0 Å². The summed E-state index contributed by atoms with van der Waals surface area (Å²) in [6.07, 6.45) is 1.93. The van der Waals surface area contributed by atoms with E-state index in [1.54, 1.807) is 0 Å². The van der Waals surface area contributed by atoms with Crippen LogP contribution in [0.3, 0.4) is 0 Å². The van der Waals surface area contributed by atoms with Crippen molar-refractivity contribution in [1.29, 1.82) is 0 Å². The second kappa shape index (κ2) is 5.03. The Morgan fingerprint density at radius 1 is 1.25 bits per heavy atom. The average Bonchev–Trinajstić information content (AvgIpc) is 2.56. The molecule has 5 atom stereocenters. The van der Waals surface area contributed by atoms with Crippen LogP contribution in [0.25, 0.3) is 0 Å². The van der Waals surface area contributed by atoms with Crippen LogP contribution in [-0.2, 0) is 0 Å². The van der Waals surface area contributed by atoms with E-state index in [1.807, 2.05) is 0 Å². The summed E-state index contributed by atoms with van der Waals surface area (Å²) in [6.45, 7) is 7.91. The molecular formula is C13H25NO2. The molecule has 5 unspecified atom stereocenters. The van der Waals surface area contributed by atoms with Crippen molar-refractivity contribution in [1.82, 2.24) is 4.90 Å². The molecular weight excluding hydrogens is 202 g/mol. The minimum atomic E-state index is -0.148. The van der Waals surface area contributed by atoms with Crippen molar-refractivity contribution in [3.63, 3.8) is 0 Å². The molecule has 0 bridgehead atoms. The number of piperidine rings is 1. The van der Waals surface area contributed by atoms with Crippen LogP contribution in [0, 0.1) is 23.7 Å². The first kappa shape index (κ1) is 12.3. The van der Waals surface area contributed by atoms with Gasteiger partial charge in [0.25, 0.3) is 0 Å². The maximum Gasteiger partial charge on any atom is 0.0571 e. The Kier molecular flexibility index (Phi) is 3.88. The molecule has 2 aliphatic rings. The van der Waals surface area contributed by atoms with E-state index in [9.17, 15) is 10.2 Å². The van der Waals surface area contributed by atoms with Crippen molar-refractivity contribution in [3.8, 4) is 0 Å². The van der Waals surface area contributed by atoms with Gasteiger partial charge in [0, 0.05) is 19.7 Å². The van der Waals surface area contributed by atoms with Gasteiger partial charge in [-0.05, 0) is 43.1 Å². The minimum absolute atomic E-state index is 0.148. The van der Waals surface area contributed by atoms with Crippen molar-refractivity contribution >= 4 is 0 Å². The second-order valence-electron chi connectivity index (χ2n) is 5.69. The molecule has 0 aromatic rings. The molecule has 1 aliphatic carbocycles. The molecule has 3 nitrogen and oxygen atoms in total. The molecule has 2 rings (SSSR count). The first-order valence-electron chi connectivity index (χ1n) is 6.68. The molecule has 2 N–H and O–H groups in total. The van der Waals surface area contributed by atoms with Crippen molar-refractivity contribution in [2.45, 2.75) is 32.8 Å². The van der Waals surface area contributed by atoms with Crippen LogP contribution in [0.15, 0.2) is 0 Å². The van der Waals surface area contributed by atoms with Crippen LogP contribution in [0.1, 0.15) is 26.7 Å². The van der Waals surface area contributed by atoms with E-state index in [2.05, 4.69) is 18.7 Å². The van der Waals surface area contributed by atoms with Crippen LogP contribution in [0.2, 0.25) is 0 Å². The summed E-state index contributed by atoms with van der Waals surface area (Å²) < 4.78 is 0. The number of hydrogen-bond acceptors (Lipinski definition) is 3. The highest BCUT2D eigenvalue weighted by atomic mass is 16.3. The second-order valence-corrected chi connectivity index (χ2v) is 5.69. The third kappa shape index (κ3) is 2.13. The number of nitrogens with zero attached hydrogens (tertiary/aromatic N) is 1. The van der Waals surface area contributed by atoms with Gasteiger partial charge in [-0.3, -0.25) is 0 Å². The Morgan fingerprint density at radius 2 is 2.00 bits per heavy atom. The predicted octanol–water partition coefficient (Wildman–Crippen LogP) is 0.954. The van der Waals surface area contributed by atoms with Gasteiger partial charge in [-0.25, -0.2) is 0 Å². The predicted molar refractivity (Wildman–Crippen MR) is 64.1 cm³/mol. The number of aliphatic hydroxyl groups is 2. The molecule has 2 fully saturated rings. The van der Waals surface area contributed by atoms with Gasteiger partial charge in [-0.2, -0.15) is 0 Å². The highest BCUT2D eigenvalue weighted by Crippen LogP contribution is 2.44. The third-order valence-electron chi connectivity index (χ3n) is 4.69. The summed E-state index contributed by atoms with van der Waals surface area (Å²) in [6, 6.07) is 0. The normalized spacial score (nSPS) is 44.6. The van der Waals surface area contributed by atoms with E-state index in [0.717, 1.165) is 26.1 Å². The summed E-state index contributed by atoms with van der Waals surface area (Å²) in [5.41, 5.74) is 0. The SMILES string of the molecule is CCCN1CC(CO)C2CC(O)C(C)C2C1. The number of rotatable bonds is 3. The highest BCUT2D eigenvalue weighted by molar-refractivity contribution is 4.97. The van der Waals surface area contributed by atoms with Crippen LogP contribution >= 0.6 is 0 Å². The van der Waals surface area contributed by atoms with Crippen molar-refractivity contribution in [2.75, 3.05) is 26.2 Å². The Hall–Kier alpha value is -0.120. The van der Waals surface area contributed by atoms with E-state index < -0.39 is 0 Å². The van der Waals surface area contributed by atoms with Gasteiger partial charge in [-0.1, -0.05) is 13.8 Å². The maximum absolute atomic E-state index is 9.96. The molecule has 0 spiro atoms. The summed E-state index contributed by atoms with van der Waals surface area (Å²) in [5.74, 6) is 1.92. The van der Waals surface area contributed by atoms with Gasteiger partial charge >= 0.3 is 0 Å². The minimum Gasteiger partial charge on any atom is -0.396 e. The molecule has 1 heterocycles. The van der Waals surface area contributed by atoms with Crippen molar-refractivity contribution in [3.05, 3.63) is 0 Å². The lowest BCUT2D eigenvalue weighted by Crippen LogP contribution is -2.47. The Bertz CT molecular complexity index is 234. The maximum atomic E-state index is 9.96. The zero-order chi connectivity index (χ0) is 11.7. The lowest BCUT2D eigenvalue weighted by molar-refractivity contribution is 0.0318. The third-order valence-corrected chi connectivity index (χ3v) is 4.69. The Morgan fingerprint density at radius 3 is 2.62 bits per heavy atom. The largest absolute Gasteiger partial charge is 0.396 e. The van der Waals surface area contributed by atoms with Gasteiger partial charge in [-0.15, -0.1) is 0 Å². The quantitative estimate of drug-likeness (QED) is 0.754. The smallest absolute Gasteiger partial charge is 0.0571 e. The van der Waals surface area contributed by atoms with Crippen LogP contribution in [-0.4, -0.2) is 47.5 Å². The molecule has 16 heavy (non-hydrogen) atoms. The molecule has 1 saturated carbocycles. The van der Waals surface area contributed by atoms with E-state index in [1.165, 1.54) is 6.42 Å². The van der Waals surface area contributed by atoms with E-state index in [-0.39, 0.29) is 12.7 Å². The molecule has 3 heteroatoms. The van der Waals surface area contributed by atoms with Crippen LogP contribution in [0.5, 0.6) is 0 Å². The Labute approximate surface area is 98.5 Å². The first-order chi connectivity index (χ1) is 7.67. The summed E-state index contributed by atoms with van der Waals surface area (Å²) in [7, 11) is 0.